The largest absolute Gasteiger partial charge is 0.495 e. The van der Waals surface area contributed by atoms with E-state index in [0.29, 0.717) is 11.3 Å². The summed E-state index contributed by atoms with van der Waals surface area (Å²) in [4.78, 5) is 0. The molecule has 0 radical (unpaired) electrons. The summed E-state index contributed by atoms with van der Waals surface area (Å²) in [5.41, 5.74) is 9.87. The van der Waals surface area contributed by atoms with Crippen LogP contribution in [0.15, 0.2) is 42.5 Å². The summed E-state index contributed by atoms with van der Waals surface area (Å²) in [7, 11) is 1.61. The van der Waals surface area contributed by atoms with Gasteiger partial charge in [-0.2, -0.15) is 5.26 Å². The van der Waals surface area contributed by atoms with Gasteiger partial charge in [-0.05, 0) is 29.7 Å². The fraction of sp³-hybridized carbons (Fsp3) is 0.235. The van der Waals surface area contributed by atoms with Crippen LogP contribution in [0.3, 0.4) is 0 Å². The molecule has 4 nitrogen and oxygen atoms in total. The first kappa shape index (κ1) is 13.5. The van der Waals surface area contributed by atoms with Gasteiger partial charge in [0, 0.05) is 6.04 Å². The zero-order chi connectivity index (χ0) is 14.8. The highest BCUT2D eigenvalue weighted by Crippen LogP contribution is 2.41. The number of anilines is 1. The van der Waals surface area contributed by atoms with Crippen molar-refractivity contribution >= 4 is 5.69 Å². The van der Waals surface area contributed by atoms with Gasteiger partial charge in [0.2, 0.25) is 0 Å². The molecule has 0 heterocycles. The Morgan fingerprint density at radius 2 is 1.95 bits per heavy atom. The molecule has 2 atom stereocenters. The molecule has 0 spiro atoms. The van der Waals surface area contributed by atoms with Crippen LogP contribution in [0, 0.1) is 11.3 Å². The highest BCUT2D eigenvalue weighted by atomic mass is 16.5. The molecule has 0 aromatic heterocycles. The third-order valence-corrected chi connectivity index (χ3v) is 3.95. The molecule has 1 aliphatic carbocycles. The van der Waals surface area contributed by atoms with Gasteiger partial charge in [0.1, 0.15) is 11.8 Å². The number of nitriles is 1. The summed E-state index contributed by atoms with van der Waals surface area (Å²) in [5, 5.41) is 12.7. The number of benzene rings is 2. The number of para-hydroxylation sites is 1. The molecule has 3 N–H and O–H groups in total. The second-order valence-electron chi connectivity index (χ2n) is 5.16. The van der Waals surface area contributed by atoms with Gasteiger partial charge in [0.15, 0.2) is 0 Å². The number of fused-ring (bicyclic) bond motifs is 1. The third kappa shape index (κ3) is 2.32. The molecule has 0 amide bonds. The number of nitrogens with one attached hydrogen (secondary N) is 1. The standard InChI is InChI=1S/C17H17N3O/c1-21-16-8-4-5-11(10-18)17(16)20-15-9-14(19)12-6-2-3-7-13(12)15/h2-8,14-15,20H,9,19H2,1H3. The SMILES string of the molecule is COc1cccc(C#N)c1NC1CC(N)c2ccccc21. The molecule has 0 saturated carbocycles. The number of nitrogens with zero attached hydrogens (tertiary/aromatic N) is 1. The molecule has 2 aromatic rings. The molecule has 106 valence electrons. The fourth-order valence-corrected chi connectivity index (χ4v) is 2.93. The van der Waals surface area contributed by atoms with E-state index in [1.54, 1.807) is 13.2 Å². The Morgan fingerprint density at radius 1 is 1.19 bits per heavy atom. The van der Waals surface area contributed by atoms with Gasteiger partial charge in [-0.25, -0.2) is 0 Å². The second-order valence-corrected chi connectivity index (χ2v) is 5.16. The monoisotopic (exact) mass is 279 g/mol. The van der Waals surface area contributed by atoms with Crippen LogP contribution in [0.1, 0.15) is 35.2 Å². The molecule has 4 heteroatoms. The van der Waals surface area contributed by atoms with Crippen LogP contribution in [-0.2, 0) is 0 Å². The zero-order valence-corrected chi connectivity index (χ0v) is 11.8. The van der Waals surface area contributed by atoms with Crippen molar-refractivity contribution in [2.24, 2.45) is 5.73 Å². The quantitative estimate of drug-likeness (QED) is 0.905. The van der Waals surface area contributed by atoms with Crippen LogP contribution in [0.4, 0.5) is 5.69 Å². The van der Waals surface area contributed by atoms with Crippen LogP contribution < -0.4 is 15.8 Å². The van der Waals surface area contributed by atoms with Gasteiger partial charge in [0.05, 0.1) is 24.4 Å². The molecule has 21 heavy (non-hydrogen) atoms. The third-order valence-electron chi connectivity index (χ3n) is 3.95. The summed E-state index contributed by atoms with van der Waals surface area (Å²) in [5.74, 6) is 0.673. The van der Waals surface area contributed by atoms with Gasteiger partial charge in [0.25, 0.3) is 0 Å². The molecular formula is C17H17N3O. The Hall–Kier alpha value is -2.51. The normalized spacial score (nSPS) is 19.7. The lowest BCUT2D eigenvalue weighted by Crippen LogP contribution is -2.11. The van der Waals surface area contributed by atoms with Gasteiger partial charge < -0.3 is 15.8 Å². The minimum Gasteiger partial charge on any atom is -0.495 e. The lowest BCUT2D eigenvalue weighted by Gasteiger charge is -2.19. The van der Waals surface area contributed by atoms with Crippen LogP contribution in [-0.4, -0.2) is 7.11 Å². The molecule has 2 unspecified atom stereocenters. The maximum Gasteiger partial charge on any atom is 0.143 e. The summed E-state index contributed by atoms with van der Waals surface area (Å²) >= 11 is 0. The lowest BCUT2D eigenvalue weighted by atomic mass is 10.1. The van der Waals surface area contributed by atoms with Crippen molar-refractivity contribution in [3.8, 4) is 11.8 Å². The maximum absolute atomic E-state index is 9.29. The molecule has 0 aliphatic heterocycles. The van der Waals surface area contributed by atoms with E-state index in [2.05, 4.69) is 23.5 Å². The summed E-state index contributed by atoms with van der Waals surface area (Å²) in [6.45, 7) is 0. The Morgan fingerprint density at radius 3 is 2.67 bits per heavy atom. The fourth-order valence-electron chi connectivity index (χ4n) is 2.93. The van der Waals surface area contributed by atoms with Crippen LogP contribution in [0.25, 0.3) is 0 Å². The number of ether oxygens (including phenoxy) is 1. The van der Waals surface area contributed by atoms with Crippen LogP contribution >= 0.6 is 0 Å². The van der Waals surface area contributed by atoms with Gasteiger partial charge >= 0.3 is 0 Å². The van der Waals surface area contributed by atoms with E-state index in [1.807, 2.05) is 24.3 Å². The van der Waals surface area contributed by atoms with Gasteiger partial charge in [-0.15, -0.1) is 0 Å². The van der Waals surface area contributed by atoms with E-state index in [-0.39, 0.29) is 12.1 Å². The van der Waals surface area contributed by atoms with Crippen molar-refractivity contribution in [2.45, 2.75) is 18.5 Å². The first-order chi connectivity index (χ1) is 10.2. The zero-order valence-electron chi connectivity index (χ0n) is 11.8. The Balaban J connectivity index is 1.98. The predicted molar refractivity (Wildman–Crippen MR) is 82.1 cm³/mol. The van der Waals surface area contributed by atoms with E-state index in [1.165, 1.54) is 11.1 Å². The minimum atomic E-state index is 0.0268. The van der Waals surface area contributed by atoms with Crippen LogP contribution in [0.2, 0.25) is 0 Å². The Labute approximate surface area is 124 Å². The smallest absolute Gasteiger partial charge is 0.143 e. The van der Waals surface area contributed by atoms with E-state index >= 15 is 0 Å². The van der Waals surface area contributed by atoms with Crippen molar-refractivity contribution in [1.29, 1.82) is 5.26 Å². The van der Waals surface area contributed by atoms with Crippen molar-refractivity contribution in [3.63, 3.8) is 0 Å². The molecule has 0 fully saturated rings. The highest BCUT2D eigenvalue weighted by molar-refractivity contribution is 5.67. The van der Waals surface area contributed by atoms with Crippen molar-refractivity contribution in [1.82, 2.24) is 0 Å². The van der Waals surface area contributed by atoms with Gasteiger partial charge in [-0.3, -0.25) is 0 Å². The molecule has 0 saturated heterocycles. The maximum atomic E-state index is 9.29. The van der Waals surface area contributed by atoms with E-state index in [0.717, 1.165) is 12.1 Å². The second kappa shape index (κ2) is 5.47. The first-order valence-corrected chi connectivity index (χ1v) is 6.92. The number of methoxy groups -OCH3 is 1. The Kier molecular flexibility index (Phi) is 3.51. The van der Waals surface area contributed by atoms with Crippen LogP contribution in [0.5, 0.6) is 5.75 Å². The minimum absolute atomic E-state index is 0.0268. The lowest BCUT2D eigenvalue weighted by molar-refractivity contribution is 0.415. The van der Waals surface area contributed by atoms with Gasteiger partial charge in [-0.1, -0.05) is 30.3 Å². The van der Waals surface area contributed by atoms with E-state index in [9.17, 15) is 5.26 Å². The molecule has 0 bridgehead atoms. The summed E-state index contributed by atoms with van der Waals surface area (Å²) in [6.07, 6.45) is 0.808. The van der Waals surface area contributed by atoms with Crippen molar-refractivity contribution in [2.75, 3.05) is 12.4 Å². The Bertz CT molecular complexity index is 705. The highest BCUT2D eigenvalue weighted by Gasteiger charge is 2.29. The predicted octanol–water partition coefficient (Wildman–Crippen LogP) is 3.12. The molecule has 3 rings (SSSR count). The molecule has 2 aromatic carbocycles. The van der Waals surface area contributed by atoms with Crippen molar-refractivity contribution in [3.05, 3.63) is 59.2 Å². The van der Waals surface area contributed by atoms with E-state index < -0.39 is 0 Å². The van der Waals surface area contributed by atoms with E-state index in [4.69, 9.17) is 10.5 Å². The first-order valence-electron chi connectivity index (χ1n) is 6.92. The molecule has 1 aliphatic rings. The number of rotatable bonds is 3. The average Bonchev–Trinajstić information content (AvgIpc) is 2.84. The topological polar surface area (TPSA) is 71.1 Å². The van der Waals surface area contributed by atoms with Crippen molar-refractivity contribution < 1.29 is 4.74 Å². The number of hydrogen-bond acceptors (Lipinski definition) is 4. The number of hydrogen-bond donors (Lipinski definition) is 2. The average molecular weight is 279 g/mol. The summed E-state index contributed by atoms with van der Waals surface area (Å²) in [6, 6.07) is 15.9. The summed E-state index contributed by atoms with van der Waals surface area (Å²) < 4.78 is 5.37. The molecular weight excluding hydrogens is 262 g/mol. The number of nitrogens with two attached hydrogens (primary N) is 1.